The number of hydrogen-bond donors (Lipinski definition) is 1. The van der Waals surface area contributed by atoms with Gasteiger partial charge < -0.3 is 5.32 Å². The van der Waals surface area contributed by atoms with E-state index >= 15 is 0 Å². The summed E-state index contributed by atoms with van der Waals surface area (Å²) in [5.74, 6) is 0. The molecular formula is C8H7NO2S. The first-order chi connectivity index (χ1) is 5.77. The van der Waals surface area contributed by atoms with Crippen LogP contribution < -0.4 is 5.32 Å². The monoisotopic (exact) mass is 181 g/mol. The average Bonchev–Trinajstić information content (AvgIpc) is 2.46. The topological polar surface area (TPSA) is 46.2 Å². The molecule has 1 N–H and O–H groups in total. The molecule has 0 saturated carbocycles. The first kappa shape index (κ1) is 7.36. The first-order valence-electron chi connectivity index (χ1n) is 3.57. The van der Waals surface area contributed by atoms with Crippen LogP contribution in [0.15, 0.2) is 24.3 Å². The molecule has 1 aromatic rings. The van der Waals surface area contributed by atoms with Crippen molar-refractivity contribution < 1.29 is 8.42 Å². The molecule has 0 radical (unpaired) electrons. The van der Waals surface area contributed by atoms with E-state index in [4.69, 9.17) is 0 Å². The van der Waals surface area contributed by atoms with Crippen LogP contribution in [0.5, 0.6) is 0 Å². The SMILES string of the molecule is O=S(=O)=C1Cc2ccccc2N1. The van der Waals surface area contributed by atoms with Crippen LogP contribution in [0.4, 0.5) is 5.69 Å². The lowest BCUT2D eigenvalue weighted by Gasteiger charge is -1.94. The molecule has 4 heteroatoms. The molecule has 1 aromatic carbocycles. The third kappa shape index (κ3) is 1.10. The van der Waals surface area contributed by atoms with Crippen LogP contribution in [0, 0.1) is 0 Å². The third-order valence-corrected chi connectivity index (χ3v) is 2.49. The first-order valence-corrected chi connectivity index (χ1v) is 4.65. The van der Waals surface area contributed by atoms with Gasteiger partial charge in [0, 0.05) is 12.1 Å². The molecule has 0 fully saturated rings. The van der Waals surface area contributed by atoms with E-state index in [0.717, 1.165) is 11.3 Å². The summed E-state index contributed by atoms with van der Waals surface area (Å²) in [6.07, 6.45) is 0.492. The van der Waals surface area contributed by atoms with Gasteiger partial charge in [0.2, 0.25) is 10.3 Å². The van der Waals surface area contributed by atoms with Crippen molar-refractivity contribution in [1.82, 2.24) is 0 Å². The van der Waals surface area contributed by atoms with Gasteiger partial charge in [-0.2, -0.15) is 8.42 Å². The zero-order valence-corrected chi connectivity index (χ0v) is 7.06. The van der Waals surface area contributed by atoms with Crippen molar-refractivity contribution in [3.05, 3.63) is 29.8 Å². The zero-order chi connectivity index (χ0) is 8.55. The van der Waals surface area contributed by atoms with Gasteiger partial charge in [0.15, 0.2) is 0 Å². The van der Waals surface area contributed by atoms with Crippen LogP contribution in [0.3, 0.4) is 0 Å². The number of hydrogen-bond acceptors (Lipinski definition) is 2. The molecule has 0 amide bonds. The van der Waals surface area contributed by atoms with E-state index in [1.165, 1.54) is 0 Å². The molecule has 0 aromatic heterocycles. The summed E-state index contributed by atoms with van der Waals surface area (Å²) in [7, 11) is -2.11. The molecule has 1 aliphatic heterocycles. The molecule has 2 rings (SSSR count). The Morgan fingerprint density at radius 3 is 2.67 bits per heavy atom. The van der Waals surface area contributed by atoms with Crippen LogP contribution >= 0.6 is 0 Å². The van der Waals surface area contributed by atoms with Gasteiger partial charge in [0.05, 0.1) is 0 Å². The lowest BCUT2D eigenvalue weighted by Crippen LogP contribution is -2.06. The van der Waals surface area contributed by atoms with Gasteiger partial charge in [0.25, 0.3) is 0 Å². The Morgan fingerprint density at radius 2 is 2.00 bits per heavy atom. The maximum Gasteiger partial charge on any atom is 0.234 e. The average molecular weight is 181 g/mol. The number of nitrogens with one attached hydrogen (secondary N) is 1. The van der Waals surface area contributed by atoms with Crippen molar-refractivity contribution in [2.24, 2.45) is 0 Å². The van der Waals surface area contributed by atoms with E-state index < -0.39 is 10.3 Å². The lowest BCUT2D eigenvalue weighted by atomic mass is 10.2. The van der Waals surface area contributed by atoms with Gasteiger partial charge in [-0.05, 0) is 11.6 Å². The van der Waals surface area contributed by atoms with Gasteiger partial charge >= 0.3 is 0 Å². The maximum absolute atomic E-state index is 10.6. The minimum atomic E-state index is -2.11. The summed E-state index contributed by atoms with van der Waals surface area (Å²) >= 11 is 0. The van der Waals surface area contributed by atoms with Crippen molar-refractivity contribution in [2.75, 3.05) is 5.32 Å². The molecule has 0 spiro atoms. The largest absolute Gasteiger partial charge is 0.346 e. The maximum atomic E-state index is 10.6. The lowest BCUT2D eigenvalue weighted by molar-refractivity contribution is 0.627. The van der Waals surface area contributed by atoms with E-state index in [2.05, 4.69) is 5.32 Å². The number of anilines is 1. The second-order valence-electron chi connectivity index (χ2n) is 2.62. The number of benzene rings is 1. The Labute approximate surface area is 71.6 Å². The predicted molar refractivity (Wildman–Crippen MR) is 47.7 cm³/mol. The highest BCUT2D eigenvalue weighted by Crippen LogP contribution is 2.21. The number of rotatable bonds is 0. The Morgan fingerprint density at radius 1 is 1.25 bits per heavy atom. The van der Waals surface area contributed by atoms with Crippen molar-refractivity contribution >= 4 is 21.0 Å². The standard InChI is InChI=1S/C8H7NO2S/c10-12(11)8-5-6-3-1-2-4-7(6)9-8/h1-4,9H,5H2. The highest BCUT2D eigenvalue weighted by molar-refractivity contribution is 7.73. The highest BCUT2D eigenvalue weighted by Gasteiger charge is 2.15. The quantitative estimate of drug-likeness (QED) is 0.598. The summed E-state index contributed by atoms with van der Waals surface area (Å²) in [6.45, 7) is 0. The smallest absolute Gasteiger partial charge is 0.234 e. The van der Waals surface area contributed by atoms with E-state index in [0.29, 0.717) is 11.4 Å². The molecular weight excluding hydrogens is 174 g/mol. The molecule has 0 aliphatic carbocycles. The van der Waals surface area contributed by atoms with Crippen LogP contribution in [0.25, 0.3) is 0 Å². The van der Waals surface area contributed by atoms with E-state index in [-0.39, 0.29) is 0 Å². The highest BCUT2D eigenvalue weighted by atomic mass is 32.2. The van der Waals surface area contributed by atoms with Gasteiger partial charge in [-0.25, -0.2) is 0 Å². The molecule has 3 nitrogen and oxygen atoms in total. The van der Waals surface area contributed by atoms with Crippen LogP contribution in [-0.2, 0) is 16.7 Å². The van der Waals surface area contributed by atoms with E-state index in [1.807, 2.05) is 24.3 Å². The van der Waals surface area contributed by atoms with Crippen molar-refractivity contribution in [1.29, 1.82) is 0 Å². The molecule has 0 saturated heterocycles. The Kier molecular flexibility index (Phi) is 1.62. The molecule has 1 heterocycles. The summed E-state index contributed by atoms with van der Waals surface area (Å²) in [4.78, 5) is 0.358. The molecule has 1 aliphatic rings. The fourth-order valence-electron chi connectivity index (χ4n) is 1.26. The normalized spacial score (nSPS) is 13.8. The second kappa shape index (κ2) is 2.64. The van der Waals surface area contributed by atoms with Crippen LogP contribution in [-0.4, -0.2) is 13.4 Å². The van der Waals surface area contributed by atoms with Gasteiger partial charge in [-0.15, -0.1) is 0 Å². The van der Waals surface area contributed by atoms with Crippen molar-refractivity contribution in [3.63, 3.8) is 0 Å². The summed E-state index contributed by atoms with van der Waals surface area (Å²) in [6, 6.07) is 7.57. The Balaban J connectivity index is 2.53. The molecule has 0 atom stereocenters. The van der Waals surface area contributed by atoms with Gasteiger partial charge in [-0.1, -0.05) is 18.2 Å². The van der Waals surface area contributed by atoms with E-state index in [9.17, 15) is 8.42 Å². The second-order valence-corrected chi connectivity index (χ2v) is 3.58. The van der Waals surface area contributed by atoms with Crippen molar-refractivity contribution in [2.45, 2.75) is 6.42 Å². The van der Waals surface area contributed by atoms with Crippen LogP contribution in [0.1, 0.15) is 5.56 Å². The minimum absolute atomic E-state index is 0.358. The van der Waals surface area contributed by atoms with Crippen LogP contribution in [0.2, 0.25) is 0 Å². The fraction of sp³-hybridized carbons (Fsp3) is 0.125. The predicted octanol–water partition coefficient (Wildman–Crippen LogP) is 0.664. The van der Waals surface area contributed by atoms with Gasteiger partial charge in [-0.3, -0.25) is 0 Å². The Bertz CT molecular complexity index is 413. The molecule has 12 heavy (non-hydrogen) atoms. The van der Waals surface area contributed by atoms with E-state index in [1.54, 1.807) is 0 Å². The summed E-state index contributed by atoms with van der Waals surface area (Å²) in [5, 5.41) is 2.84. The molecule has 0 unspecified atom stereocenters. The zero-order valence-electron chi connectivity index (χ0n) is 6.24. The fourth-order valence-corrected chi connectivity index (χ4v) is 1.73. The van der Waals surface area contributed by atoms with Gasteiger partial charge in [0.1, 0.15) is 4.99 Å². The van der Waals surface area contributed by atoms with Crippen molar-refractivity contribution in [3.8, 4) is 0 Å². The number of fused-ring (bicyclic) bond motifs is 1. The summed E-state index contributed by atoms with van der Waals surface area (Å²) in [5.41, 5.74) is 1.94. The Hall–Kier alpha value is -1.29. The molecule has 62 valence electrons. The number of para-hydroxylation sites is 1. The summed E-state index contributed by atoms with van der Waals surface area (Å²) < 4.78 is 21.1. The molecule has 0 bridgehead atoms. The third-order valence-electron chi connectivity index (χ3n) is 1.84. The minimum Gasteiger partial charge on any atom is -0.346 e.